The highest BCUT2D eigenvalue weighted by atomic mass is 16.5. The van der Waals surface area contributed by atoms with Crippen LogP contribution in [0.4, 0.5) is 0 Å². The molecule has 0 spiro atoms. The Morgan fingerprint density at radius 2 is 2.10 bits per heavy atom. The molecule has 21 heavy (non-hydrogen) atoms. The number of piperidine rings is 1. The van der Waals surface area contributed by atoms with Gasteiger partial charge in [-0.15, -0.1) is 0 Å². The minimum atomic E-state index is -0.538. The number of likely N-dealkylation sites (tertiary alicyclic amines) is 1. The summed E-state index contributed by atoms with van der Waals surface area (Å²) in [5, 5.41) is 9.59. The van der Waals surface area contributed by atoms with Gasteiger partial charge < -0.3 is 19.5 Å². The number of rotatable bonds is 4. The SMILES string of the molecule is COC(=O)[C@H]1CCCCN1C(=O)COc1ccccc1O. The molecule has 0 unspecified atom stereocenters. The molecule has 1 aliphatic rings. The molecule has 6 heteroatoms. The van der Waals surface area contributed by atoms with Crippen molar-refractivity contribution in [1.29, 1.82) is 0 Å². The molecule has 1 amide bonds. The van der Waals surface area contributed by atoms with Crippen LogP contribution in [0.15, 0.2) is 24.3 Å². The summed E-state index contributed by atoms with van der Waals surface area (Å²) in [5.41, 5.74) is 0. The fraction of sp³-hybridized carbons (Fsp3) is 0.467. The summed E-state index contributed by atoms with van der Waals surface area (Å²) in [7, 11) is 1.32. The largest absolute Gasteiger partial charge is 0.504 e. The number of benzene rings is 1. The first-order chi connectivity index (χ1) is 10.1. The monoisotopic (exact) mass is 293 g/mol. The van der Waals surface area contributed by atoms with E-state index in [9.17, 15) is 14.7 Å². The van der Waals surface area contributed by atoms with Gasteiger partial charge in [0.1, 0.15) is 6.04 Å². The summed E-state index contributed by atoms with van der Waals surface area (Å²) in [5.74, 6) is -0.454. The summed E-state index contributed by atoms with van der Waals surface area (Å²) in [6.45, 7) is 0.299. The van der Waals surface area contributed by atoms with Crippen LogP contribution in [0.3, 0.4) is 0 Å². The van der Waals surface area contributed by atoms with Crippen molar-refractivity contribution in [1.82, 2.24) is 4.90 Å². The molecule has 0 radical (unpaired) electrons. The van der Waals surface area contributed by atoms with Gasteiger partial charge in [0.2, 0.25) is 0 Å². The van der Waals surface area contributed by atoms with Crippen molar-refractivity contribution in [3.63, 3.8) is 0 Å². The zero-order valence-corrected chi connectivity index (χ0v) is 11.9. The Bertz CT molecular complexity index is 517. The summed E-state index contributed by atoms with van der Waals surface area (Å²) in [4.78, 5) is 25.4. The molecule has 0 aliphatic carbocycles. The first kappa shape index (κ1) is 15.2. The standard InChI is InChI=1S/C15H19NO5/c1-20-15(19)11-6-4-5-9-16(11)14(18)10-21-13-8-3-2-7-12(13)17/h2-3,7-8,11,17H,4-6,9-10H2,1H3/t11-/m1/s1. The van der Waals surface area contributed by atoms with E-state index in [0.717, 1.165) is 12.8 Å². The molecule has 1 aromatic carbocycles. The number of ether oxygens (including phenoxy) is 2. The number of para-hydroxylation sites is 2. The summed E-state index contributed by atoms with van der Waals surface area (Å²) >= 11 is 0. The molecule has 1 fully saturated rings. The Kier molecular flexibility index (Phi) is 5.03. The molecule has 1 aliphatic heterocycles. The van der Waals surface area contributed by atoms with Crippen LogP contribution < -0.4 is 4.74 Å². The van der Waals surface area contributed by atoms with Crippen LogP contribution in [0.25, 0.3) is 0 Å². The van der Waals surface area contributed by atoms with Gasteiger partial charge >= 0.3 is 5.97 Å². The third-order valence-electron chi connectivity index (χ3n) is 3.51. The molecule has 6 nitrogen and oxygen atoms in total. The zero-order chi connectivity index (χ0) is 15.2. The van der Waals surface area contributed by atoms with Gasteiger partial charge in [0.15, 0.2) is 18.1 Å². The van der Waals surface area contributed by atoms with Crippen LogP contribution in [0.5, 0.6) is 11.5 Å². The molecule has 1 saturated heterocycles. The van der Waals surface area contributed by atoms with Crippen LogP contribution in [-0.2, 0) is 14.3 Å². The van der Waals surface area contributed by atoms with E-state index in [1.54, 1.807) is 18.2 Å². The minimum absolute atomic E-state index is 0.0199. The number of carbonyl (C=O) groups excluding carboxylic acids is 2. The Labute approximate surface area is 123 Å². The number of hydrogen-bond acceptors (Lipinski definition) is 5. The Morgan fingerprint density at radius 3 is 2.81 bits per heavy atom. The maximum Gasteiger partial charge on any atom is 0.328 e. The third kappa shape index (κ3) is 3.65. The Balaban J connectivity index is 1.98. The first-order valence-electron chi connectivity index (χ1n) is 6.91. The molecule has 1 N–H and O–H groups in total. The lowest BCUT2D eigenvalue weighted by molar-refractivity contribution is -0.155. The highest BCUT2D eigenvalue weighted by molar-refractivity contribution is 5.85. The maximum absolute atomic E-state index is 12.2. The van der Waals surface area contributed by atoms with Crippen molar-refractivity contribution in [2.24, 2.45) is 0 Å². The molecule has 0 aromatic heterocycles. The fourth-order valence-electron chi connectivity index (χ4n) is 2.41. The van der Waals surface area contributed by atoms with Gasteiger partial charge in [0, 0.05) is 6.54 Å². The van der Waals surface area contributed by atoms with E-state index in [2.05, 4.69) is 0 Å². The Morgan fingerprint density at radius 1 is 1.33 bits per heavy atom. The number of phenolic OH excluding ortho intramolecular Hbond substituents is 1. The molecule has 1 aromatic rings. The molecule has 114 valence electrons. The number of hydrogen-bond donors (Lipinski definition) is 1. The highest BCUT2D eigenvalue weighted by Crippen LogP contribution is 2.25. The number of methoxy groups -OCH3 is 1. The van der Waals surface area contributed by atoms with E-state index < -0.39 is 12.0 Å². The van der Waals surface area contributed by atoms with E-state index in [1.807, 2.05) is 0 Å². The lowest BCUT2D eigenvalue weighted by Gasteiger charge is -2.33. The van der Waals surface area contributed by atoms with Crippen molar-refractivity contribution < 1.29 is 24.2 Å². The van der Waals surface area contributed by atoms with E-state index >= 15 is 0 Å². The van der Waals surface area contributed by atoms with Crippen molar-refractivity contribution in [3.05, 3.63) is 24.3 Å². The quantitative estimate of drug-likeness (QED) is 0.847. The van der Waals surface area contributed by atoms with Gasteiger partial charge in [-0.25, -0.2) is 4.79 Å². The minimum Gasteiger partial charge on any atom is -0.504 e. The van der Waals surface area contributed by atoms with Crippen molar-refractivity contribution in [2.75, 3.05) is 20.3 Å². The number of amides is 1. The molecule has 1 atom stereocenters. The van der Waals surface area contributed by atoms with Crippen molar-refractivity contribution >= 4 is 11.9 Å². The fourth-order valence-corrected chi connectivity index (χ4v) is 2.41. The smallest absolute Gasteiger partial charge is 0.328 e. The van der Waals surface area contributed by atoms with E-state index in [-0.39, 0.29) is 24.0 Å². The van der Waals surface area contributed by atoms with E-state index in [0.29, 0.717) is 13.0 Å². The van der Waals surface area contributed by atoms with Gasteiger partial charge in [0.25, 0.3) is 5.91 Å². The third-order valence-corrected chi connectivity index (χ3v) is 3.51. The number of esters is 1. The first-order valence-corrected chi connectivity index (χ1v) is 6.91. The molecular formula is C15H19NO5. The zero-order valence-electron chi connectivity index (χ0n) is 11.9. The van der Waals surface area contributed by atoms with Gasteiger partial charge in [-0.2, -0.15) is 0 Å². The van der Waals surface area contributed by atoms with Gasteiger partial charge in [-0.3, -0.25) is 4.79 Å². The van der Waals surface area contributed by atoms with Crippen LogP contribution in [0.2, 0.25) is 0 Å². The lowest BCUT2D eigenvalue weighted by Crippen LogP contribution is -2.50. The van der Waals surface area contributed by atoms with E-state index in [1.165, 1.54) is 18.1 Å². The average Bonchev–Trinajstić information content (AvgIpc) is 2.53. The average molecular weight is 293 g/mol. The van der Waals surface area contributed by atoms with E-state index in [4.69, 9.17) is 9.47 Å². The van der Waals surface area contributed by atoms with Gasteiger partial charge in [0.05, 0.1) is 7.11 Å². The van der Waals surface area contributed by atoms with Crippen molar-refractivity contribution in [3.8, 4) is 11.5 Å². The number of nitrogens with zero attached hydrogens (tertiary/aromatic N) is 1. The highest BCUT2D eigenvalue weighted by Gasteiger charge is 2.32. The molecular weight excluding hydrogens is 274 g/mol. The van der Waals surface area contributed by atoms with Crippen LogP contribution in [0, 0.1) is 0 Å². The summed E-state index contributed by atoms with van der Waals surface area (Å²) < 4.78 is 10.1. The van der Waals surface area contributed by atoms with Crippen LogP contribution in [0.1, 0.15) is 19.3 Å². The van der Waals surface area contributed by atoms with Crippen LogP contribution in [-0.4, -0.2) is 48.2 Å². The topological polar surface area (TPSA) is 76.1 Å². The molecule has 0 bridgehead atoms. The second kappa shape index (κ2) is 6.97. The molecule has 2 rings (SSSR count). The molecule has 1 heterocycles. The lowest BCUT2D eigenvalue weighted by atomic mass is 10.0. The number of phenols is 1. The second-order valence-corrected chi connectivity index (χ2v) is 4.88. The van der Waals surface area contributed by atoms with Crippen LogP contribution >= 0.6 is 0 Å². The predicted octanol–water partition coefficient (Wildman–Crippen LogP) is 1.33. The number of aromatic hydroxyl groups is 1. The normalized spacial score (nSPS) is 18.1. The van der Waals surface area contributed by atoms with Gasteiger partial charge in [-0.1, -0.05) is 12.1 Å². The maximum atomic E-state index is 12.2. The summed E-state index contributed by atoms with van der Waals surface area (Å²) in [6, 6.07) is 5.90. The Hall–Kier alpha value is -2.24. The van der Waals surface area contributed by atoms with Gasteiger partial charge in [-0.05, 0) is 31.4 Å². The predicted molar refractivity (Wildman–Crippen MR) is 75.0 cm³/mol. The second-order valence-electron chi connectivity index (χ2n) is 4.88. The molecule has 0 saturated carbocycles. The van der Waals surface area contributed by atoms with Crippen molar-refractivity contribution in [2.45, 2.75) is 25.3 Å². The number of carbonyl (C=O) groups is 2. The summed E-state index contributed by atoms with van der Waals surface area (Å²) in [6.07, 6.45) is 2.36.